The molecule has 0 aliphatic rings. The normalized spacial score (nSPS) is 11.0. The van der Waals surface area contributed by atoms with Crippen LogP contribution in [0.1, 0.15) is 10.4 Å². The molecule has 138 valence electrons. The minimum absolute atomic E-state index is 0.105. The fourth-order valence-corrected chi connectivity index (χ4v) is 3.89. The van der Waals surface area contributed by atoms with Gasteiger partial charge in [-0.05, 0) is 48.5 Å². The number of carbonyl (C=O) groups is 1. The van der Waals surface area contributed by atoms with Crippen molar-refractivity contribution in [1.82, 2.24) is 0 Å². The number of halogens is 2. The molecule has 0 saturated carbocycles. The number of hydrogen-bond donors (Lipinski definition) is 2. The van der Waals surface area contributed by atoms with E-state index < -0.39 is 15.9 Å². The molecule has 0 spiro atoms. The number of sulfonamides is 1. The standard InChI is InChI=1S/C19H14Cl2N2O3S/c20-14-5-4-6-15(12-14)22-19(24)13-9-10-18(17(21)11-13)23-27(25,26)16-7-2-1-3-8-16/h1-12,23H,(H,22,24). The van der Waals surface area contributed by atoms with Gasteiger partial charge in [-0.1, -0.05) is 47.5 Å². The van der Waals surface area contributed by atoms with Crippen LogP contribution in [0.15, 0.2) is 77.7 Å². The molecule has 0 heterocycles. The molecule has 0 bridgehead atoms. The number of hydrogen-bond acceptors (Lipinski definition) is 3. The van der Waals surface area contributed by atoms with Crippen LogP contribution in [0, 0.1) is 0 Å². The Kier molecular flexibility index (Phi) is 5.70. The molecule has 3 rings (SSSR count). The molecule has 0 aliphatic heterocycles. The van der Waals surface area contributed by atoms with Gasteiger partial charge < -0.3 is 5.32 Å². The number of nitrogens with one attached hydrogen (secondary N) is 2. The third kappa shape index (κ3) is 4.80. The van der Waals surface area contributed by atoms with Crippen molar-refractivity contribution in [1.29, 1.82) is 0 Å². The number of rotatable bonds is 5. The van der Waals surface area contributed by atoms with Crippen LogP contribution < -0.4 is 10.0 Å². The van der Waals surface area contributed by atoms with Crippen molar-refractivity contribution >= 4 is 50.5 Å². The summed E-state index contributed by atoms with van der Waals surface area (Å²) in [6, 6.07) is 19.0. The molecule has 0 unspecified atom stereocenters. The van der Waals surface area contributed by atoms with Crippen molar-refractivity contribution in [2.24, 2.45) is 0 Å². The molecule has 27 heavy (non-hydrogen) atoms. The Labute approximate surface area is 167 Å². The predicted octanol–water partition coefficient (Wildman–Crippen LogP) is 5.05. The van der Waals surface area contributed by atoms with E-state index in [-0.39, 0.29) is 21.2 Å². The van der Waals surface area contributed by atoms with Gasteiger partial charge in [0.15, 0.2) is 0 Å². The quantitative estimate of drug-likeness (QED) is 0.606. The van der Waals surface area contributed by atoms with Gasteiger partial charge >= 0.3 is 0 Å². The molecular weight excluding hydrogens is 407 g/mol. The summed E-state index contributed by atoms with van der Waals surface area (Å²) in [6.45, 7) is 0. The minimum Gasteiger partial charge on any atom is -0.322 e. The van der Waals surface area contributed by atoms with Gasteiger partial charge in [0.05, 0.1) is 15.6 Å². The molecule has 0 aliphatic carbocycles. The lowest BCUT2D eigenvalue weighted by atomic mass is 10.2. The van der Waals surface area contributed by atoms with Crippen LogP contribution in [0.3, 0.4) is 0 Å². The Morgan fingerprint density at radius 2 is 1.59 bits per heavy atom. The van der Waals surface area contributed by atoms with Crippen LogP contribution in [0.25, 0.3) is 0 Å². The second-order valence-electron chi connectivity index (χ2n) is 5.58. The van der Waals surface area contributed by atoms with Crippen LogP contribution in [-0.2, 0) is 10.0 Å². The zero-order valence-electron chi connectivity index (χ0n) is 13.8. The van der Waals surface area contributed by atoms with Crippen molar-refractivity contribution < 1.29 is 13.2 Å². The van der Waals surface area contributed by atoms with E-state index in [4.69, 9.17) is 23.2 Å². The maximum Gasteiger partial charge on any atom is 0.261 e. The van der Waals surface area contributed by atoms with E-state index in [0.717, 1.165) is 0 Å². The van der Waals surface area contributed by atoms with E-state index in [9.17, 15) is 13.2 Å². The number of anilines is 2. The highest BCUT2D eigenvalue weighted by Crippen LogP contribution is 2.26. The van der Waals surface area contributed by atoms with Gasteiger partial charge in [-0.15, -0.1) is 0 Å². The van der Waals surface area contributed by atoms with E-state index >= 15 is 0 Å². The smallest absolute Gasteiger partial charge is 0.261 e. The lowest BCUT2D eigenvalue weighted by Crippen LogP contribution is -2.14. The number of carbonyl (C=O) groups excluding carboxylic acids is 1. The largest absolute Gasteiger partial charge is 0.322 e. The Morgan fingerprint density at radius 1 is 0.852 bits per heavy atom. The lowest BCUT2D eigenvalue weighted by molar-refractivity contribution is 0.102. The molecule has 0 aromatic heterocycles. The first-order valence-electron chi connectivity index (χ1n) is 7.79. The topological polar surface area (TPSA) is 75.3 Å². The zero-order valence-corrected chi connectivity index (χ0v) is 16.1. The molecule has 5 nitrogen and oxygen atoms in total. The first kappa shape index (κ1) is 19.2. The fourth-order valence-electron chi connectivity index (χ4n) is 2.31. The van der Waals surface area contributed by atoms with Crippen LogP contribution in [-0.4, -0.2) is 14.3 Å². The highest BCUT2D eigenvalue weighted by molar-refractivity contribution is 7.92. The van der Waals surface area contributed by atoms with Crippen LogP contribution in [0.2, 0.25) is 10.0 Å². The van der Waals surface area contributed by atoms with Crippen LogP contribution >= 0.6 is 23.2 Å². The summed E-state index contributed by atoms with van der Waals surface area (Å²) in [5.74, 6) is -0.392. The summed E-state index contributed by atoms with van der Waals surface area (Å²) in [4.78, 5) is 12.5. The fraction of sp³-hybridized carbons (Fsp3) is 0. The Balaban J connectivity index is 1.78. The Bertz CT molecular complexity index is 1090. The third-order valence-corrected chi connectivity index (χ3v) is 5.54. The number of amides is 1. The van der Waals surface area contributed by atoms with E-state index in [1.807, 2.05) is 0 Å². The van der Waals surface area contributed by atoms with Gasteiger partial charge in [0, 0.05) is 16.3 Å². The molecule has 3 aromatic carbocycles. The number of benzene rings is 3. The van der Waals surface area contributed by atoms with Gasteiger partial charge in [0.1, 0.15) is 0 Å². The van der Waals surface area contributed by atoms with E-state index in [0.29, 0.717) is 10.7 Å². The van der Waals surface area contributed by atoms with Crippen LogP contribution in [0.5, 0.6) is 0 Å². The molecule has 0 atom stereocenters. The summed E-state index contributed by atoms with van der Waals surface area (Å²) < 4.78 is 27.2. The maximum atomic E-state index is 12.4. The average molecular weight is 421 g/mol. The van der Waals surface area contributed by atoms with Gasteiger partial charge in [-0.25, -0.2) is 8.42 Å². The summed E-state index contributed by atoms with van der Waals surface area (Å²) in [7, 11) is -3.77. The first-order chi connectivity index (χ1) is 12.8. The second-order valence-corrected chi connectivity index (χ2v) is 8.10. The molecule has 0 saturated heterocycles. The summed E-state index contributed by atoms with van der Waals surface area (Å²) in [5.41, 5.74) is 1.000. The van der Waals surface area contributed by atoms with Crippen molar-refractivity contribution in [3.8, 4) is 0 Å². The monoisotopic (exact) mass is 420 g/mol. The van der Waals surface area contributed by atoms with E-state index in [1.54, 1.807) is 42.5 Å². The molecule has 1 amide bonds. The van der Waals surface area contributed by atoms with Gasteiger partial charge in [-0.3, -0.25) is 9.52 Å². The highest BCUT2D eigenvalue weighted by Gasteiger charge is 2.16. The minimum atomic E-state index is -3.77. The summed E-state index contributed by atoms with van der Waals surface area (Å²) in [6.07, 6.45) is 0. The van der Waals surface area contributed by atoms with Crippen molar-refractivity contribution in [2.45, 2.75) is 4.90 Å². The third-order valence-electron chi connectivity index (χ3n) is 3.61. The first-order valence-corrected chi connectivity index (χ1v) is 10.0. The zero-order chi connectivity index (χ0) is 19.4. The van der Waals surface area contributed by atoms with Crippen molar-refractivity contribution in [3.05, 3.63) is 88.4 Å². The van der Waals surface area contributed by atoms with E-state index in [2.05, 4.69) is 10.0 Å². The molecule has 3 aromatic rings. The molecule has 8 heteroatoms. The van der Waals surface area contributed by atoms with Gasteiger partial charge in [-0.2, -0.15) is 0 Å². The predicted molar refractivity (Wildman–Crippen MR) is 108 cm³/mol. The Hall–Kier alpha value is -2.54. The van der Waals surface area contributed by atoms with Crippen LogP contribution in [0.4, 0.5) is 11.4 Å². The van der Waals surface area contributed by atoms with Gasteiger partial charge in [0.25, 0.3) is 15.9 Å². The lowest BCUT2D eigenvalue weighted by Gasteiger charge is -2.11. The van der Waals surface area contributed by atoms with Crippen molar-refractivity contribution in [2.75, 3.05) is 10.0 Å². The summed E-state index contributed by atoms with van der Waals surface area (Å²) >= 11 is 12.1. The van der Waals surface area contributed by atoms with Crippen molar-refractivity contribution in [3.63, 3.8) is 0 Å². The van der Waals surface area contributed by atoms with E-state index in [1.165, 1.54) is 30.3 Å². The molecule has 0 radical (unpaired) electrons. The maximum absolute atomic E-state index is 12.4. The SMILES string of the molecule is O=C(Nc1cccc(Cl)c1)c1ccc(NS(=O)(=O)c2ccccc2)c(Cl)c1. The molecule has 2 N–H and O–H groups in total. The summed E-state index contributed by atoms with van der Waals surface area (Å²) in [5, 5.41) is 3.30. The second kappa shape index (κ2) is 8.00. The average Bonchev–Trinajstić information content (AvgIpc) is 2.64. The Morgan fingerprint density at radius 3 is 2.26 bits per heavy atom. The molecule has 0 fully saturated rings. The molecular formula is C19H14Cl2N2O3S. The van der Waals surface area contributed by atoms with Gasteiger partial charge in [0.2, 0.25) is 0 Å². The highest BCUT2D eigenvalue weighted by atomic mass is 35.5.